The highest BCUT2D eigenvalue weighted by Crippen LogP contribution is 2.16. The van der Waals surface area contributed by atoms with E-state index >= 15 is 0 Å². The standard InChI is InChI=1S/C11H14/c1-10(2)8-9-11-6-4-3-5-7-11/h6H,1,3-5,7H2,2H3. The van der Waals surface area contributed by atoms with Gasteiger partial charge in [-0.15, -0.1) is 0 Å². The van der Waals surface area contributed by atoms with E-state index in [-0.39, 0.29) is 0 Å². The van der Waals surface area contributed by atoms with Crippen molar-refractivity contribution in [3.63, 3.8) is 0 Å². The smallest absolute Gasteiger partial charge is 0.00159 e. The van der Waals surface area contributed by atoms with Gasteiger partial charge in [0, 0.05) is 0 Å². The fourth-order valence-electron chi connectivity index (χ4n) is 1.14. The molecule has 0 N–H and O–H groups in total. The van der Waals surface area contributed by atoms with Gasteiger partial charge in [0.05, 0.1) is 0 Å². The molecule has 0 bridgehead atoms. The Labute approximate surface area is 69.0 Å². The lowest BCUT2D eigenvalue weighted by atomic mass is 10.00. The number of hydrogen-bond donors (Lipinski definition) is 0. The van der Waals surface area contributed by atoms with Gasteiger partial charge in [-0.3, -0.25) is 0 Å². The number of hydrogen-bond acceptors (Lipinski definition) is 0. The average Bonchev–Trinajstić information content (AvgIpc) is 2.03. The summed E-state index contributed by atoms with van der Waals surface area (Å²) in [5.41, 5.74) is 2.26. The molecule has 0 fully saturated rings. The zero-order chi connectivity index (χ0) is 8.10. The summed E-state index contributed by atoms with van der Waals surface area (Å²) in [7, 11) is 0. The Bertz CT molecular complexity index is 232. The Balaban J connectivity index is 2.56. The van der Waals surface area contributed by atoms with Gasteiger partial charge in [-0.25, -0.2) is 0 Å². The molecule has 0 nitrogen and oxygen atoms in total. The van der Waals surface area contributed by atoms with E-state index in [1.54, 1.807) is 0 Å². The SMILES string of the molecule is C=C(C)C#CC1=CCCCC1. The van der Waals surface area contributed by atoms with E-state index in [0.717, 1.165) is 5.57 Å². The first-order valence-electron chi connectivity index (χ1n) is 4.15. The second-order valence-corrected chi connectivity index (χ2v) is 3.01. The van der Waals surface area contributed by atoms with Crippen LogP contribution in [-0.2, 0) is 0 Å². The predicted octanol–water partition coefficient (Wildman–Crippen LogP) is 3.07. The van der Waals surface area contributed by atoms with E-state index in [4.69, 9.17) is 0 Å². The third-order valence-electron chi connectivity index (χ3n) is 1.73. The minimum atomic E-state index is 0.955. The van der Waals surface area contributed by atoms with Crippen LogP contribution in [0, 0.1) is 11.8 Å². The highest BCUT2D eigenvalue weighted by Gasteiger charge is 1.98. The Kier molecular flexibility index (Phi) is 2.98. The molecule has 1 aliphatic rings. The van der Waals surface area contributed by atoms with Crippen LogP contribution in [0.2, 0.25) is 0 Å². The lowest BCUT2D eigenvalue weighted by Crippen LogP contribution is -1.88. The molecule has 0 amide bonds. The molecule has 0 radical (unpaired) electrons. The molecular weight excluding hydrogens is 132 g/mol. The van der Waals surface area contributed by atoms with Gasteiger partial charge in [-0.05, 0) is 43.8 Å². The minimum Gasteiger partial charge on any atom is -0.0877 e. The Morgan fingerprint density at radius 2 is 2.36 bits per heavy atom. The van der Waals surface area contributed by atoms with Crippen LogP contribution in [0.3, 0.4) is 0 Å². The molecule has 0 saturated heterocycles. The second-order valence-electron chi connectivity index (χ2n) is 3.01. The summed E-state index contributed by atoms with van der Waals surface area (Å²) in [4.78, 5) is 0. The van der Waals surface area contributed by atoms with Gasteiger partial charge in [0.2, 0.25) is 0 Å². The Morgan fingerprint density at radius 1 is 1.55 bits per heavy atom. The van der Waals surface area contributed by atoms with Crippen molar-refractivity contribution in [1.82, 2.24) is 0 Å². The number of allylic oxidation sites excluding steroid dienone is 3. The van der Waals surface area contributed by atoms with Crippen molar-refractivity contribution in [2.45, 2.75) is 32.6 Å². The monoisotopic (exact) mass is 146 g/mol. The molecule has 0 heteroatoms. The third kappa shape index (κ3) is 3.09. The fraction of sp³-hybridized carbons (Fsp3) is 0.455. The Morgan fingerprint density at radius 3 is 2.91 bits per heavy atom. The van der Waals surface area contributed by atoms with Gasteiger partial charge in [-0.2, -0.15) is 0 Å². The summed E-state index contributed by atoms with van der Waals surface area (Å²) >= 11 is 0. The molecule has 11 heavy (non-hydrogen) atoms. The fourth-order valence-corrected chi connectivity index (χ4v) is 1.14. The van der Waals surface area contributed by atoms with Gasteiger partial charge < -0.3 is 0 Å². The van der Waals surface area contributed by atoms with E-state index in [1.807, 2.05) is 6.92 Å². The molecule has 0 heterocycles. The van der Waals surface area contributed by atoms with E-state index in [1.165, 1.54) is 31.3 Å². The summed E-state index contributed by atoms with van der Waals surface area (Å²) in [6.45, 7) is 5.68. The predicted molar refractivity (Wildman–Crippen MR) is 49.1 cm³/mol. The molecule has 0 aromatic heterocycles. The lowest BCUT2D eigenvalue weighted by Gasteiger charge is -2.05. The van der Waals surface area contributed by atoms with Crippen molar-refractivity contribution >= 4 is 0 Å². The van der Waals surface area contributed by atoms with Crippen LogP contribution < -0.4 is 0 Å². The van der Waals surface area contributed by atoms with Crippen molar-refractivity contribution in [3.05, 3.63) is 23.8 Å². The average molecular weight is 146 g/mol. The molecule has 58 valence electrons. The van der Waals surface area contributed by atoms with E-state index in [0.29, 0.717) is 0 Å². The van der Waals surface area contributed by atoms with Crippen LogP contribution in [0.15, 0.2) is 23.8 Å². The quantitative estimate of drug-likeness (QED) is 0.461. The zero-order valence-electron chi connectivity index (χ0n) is 7.11. The van der Waals surface area contributed by atoms with Gasteiger partial charge in [0.1, 0.15) is 0 Å². The molecule has 0 aromatic rings. The molecule has 0 unspecified atom stereocenters. The third-order valence-corrected chi connectivity index (χ3v) is 1.73. The van der Waals surface area contributed by atoms with Crippen LogP contribution in [0.25, 0.3) is 0 Å². The van der Waals surface area contributed by atoms with Crippen molar-refractivity contribution in [2.24, 2.45) is 0 Å². The van der Waals surface area contributed by atoms with Gasteiger partial charge >= 0.3 is 0 Å². The molecule has 0 atom stereocenters. The normalized spacial score (nSPS) is 16.3. The summed E-state index contributed by atoms with van der Waals surface area (Å²) < 4.78 is 0. The molecule has 1 rings (SSSR count). The maximum atomic E-state index is 3.74. The molecule has 0 spiro atoms. The Hall–Kier alpha value is -0.960. The summed E-state index contributed by atoms with van der Waals surface area (Å²) in [6.07, 6.45) is 7.26. The van der Waals surface area contributed by atoms with Gasteiger partial charge in [0.15, 0.2) is 0 Å². The highest BCUT2D eigenvalue weighted by atomic mass is 14.0. The number of rotatable bonds is 0. The molecule has 0 aliphatic heterocycles. The lowest BCUT2D eigenvalue weighted by molar-refractivity contribution is 0.715. The molecular formula is C11H14. The van der Waals surface area contributed by atoms with E-state index < -0.39 is 0 Å². The summed E-state index contributed by atoms with van der Waals surface area (Å²) in [5.74, 6) is 6.14. The van der Waals surface area contributed by atoms with Crippen LogP contribution in [0.1, 0.15) is 32.6 Å². The van der Waals surface area contributed by atoms with E-state index in [9.17, 15) is 0 Å². The van der Waals surface area contributed by atoms with Crippen LogP contribution in [-0.4, -0.2) is 0 Å². The first-order valence-corrected chi connectivity index (χ1v) is 4.15. The minimum absolute atomic E-state index is 0.955. The largest absolute Gasteiger partial charge is 0.0877 e. The maximum Gasteiger partial charge on any atom is -0.00159 e. The van der Waals surface area contributed by atoms with Crippen LogP contribution >= 0.6 is 0 Å². The van der Waals surface area contributed by atoms with Crippen LogP contribution in [0.4, 0.5) is 0 Å². The summed E-state index contributed by atoms with van der Waals surface area (Å²) in [5, 5.41) is 0. The van der Waals surface area contributed by atoms with Crippen molar-refractivity contribution in [2.75, 3.05) is 0 Å². The van der Waals surface area contributed by atoms with Crippen molar-refractivity contribution in [1.29, 1.82) is 0 Å². The van der Waals surface area contributed by atoms with Crippen molar-refractivity contribution < 1.29 is 0 Å². The van der Waals surface area contributed by atoms with Gasteiger partial charge in [0.25, 0.3) is 0 Å². The first-order chi connectivity index (χ1) is 5.29. The topological polar surface area (TPSA) is 0 Å². The maximum absolute atomic E-state index is 3.74. The zero-order valence-corrected chi connectivity index (χ0v) is 7.11. The first kappa shape index (κ1) is 8.14. The van der Waals surface area contributed by atoms with Gasteiger partial charge in [-0.1, -0.05) is 24.5 Å². The highest BCUT2D eigenvalue weighted by molar-refractivity contribution is 5.36. The second kappa shape index (κ2) is 4.03. The summed E-state index contributed by atoms with van der Waals surface area (Å²) in [6, 6.07) is 0. The molecule has 0 saturated carbocycles. The molecule has 1 aliphatic carbocycles. The molecule has 0 aromatic carbocycles. The van der Waals surface area contributed by atoms with Crippen molar-refractivity contribution in [3.8, 4) is 11.8 Å². The van der Waals surface area contributed by atoms with Crippen LogP contribution in [0.5, 0.6) is 0 Å². The van der Waals surface area contributed by atoms with E-state index in [2.05, 4.69) is 24.5 Å².